The van der Waals surface area contributed by atoms with Gasteiger partial charge in [0.05, 0.1) is 6.04 Å². The zero-order valence-corrected chi connectivity index (χ0v) is 15.1. The lowest BCUT2D eigenvalue weighted by atomic mass is 9.69. The number of nitrogens with zero attached hydrogens (tertiary/aromatic N) is 5. The zero-order valence-electron chi connectivity index (χ0n) is 15.1. The monoisotopic (exact) mass is 378 g/mol. The molecule has 0 radical (unpaired) electrons. The molecule has 10 heteroatoms. The van der Waals surface area contributed by atoms with Crippen LogP contribution in [0.25, 0.3) is 0 Å². The number of fused-ring (bicyclic) bond motifs is 1. The topological polar surface area (TPSA) is 133 Å². The molecule has 1 saturated carbocycles. The van der Waals surface area contributed by atoms with Gasteiger partial charge < -0.3 is 15.5 Å². The van der Waals surface area contributed by atoms with E-state index in [9.17, 15) is 19.8 Å². The lowest BCUT2D eigenvalue weighted by Gasteiger charge is -2.42. The SMILES string of the molecule is O=C(O)C1CC2CC(CN3CC(n4cnnn4)CC3C(=O)O)CCC2CN1. The average Bonchev–Trinajstić information content (AvgIpc) is 3.30. The molecule has 3 aliphatic rings. The quantitative estimate of drug-likeness (QED) is 0.639. The van der Waals surface area contributed by atoms with Crippen LogP contribution in [0.2, 0.25) is 0 Å². The molecular formula is C17H26N6O4. The molecule has 3 N–H and O–H groups in total. The van der Waals surface area contributed by atoms with Crippen LogP contribution >= 0.6 is 0 Å². The molecule has 1 aliphatic carbocycles. The number of rotatable bonds is 5. The molecule has 3 heterocycles. The van der Waals surface area contributed by atoms with Gasteiger partial charge in [-0.3, -0.25) is 14.5 Å². The summed E-state index contributed by atoms with van der Waals surface area (Å²) in [6.45, 7) is 2.15. The van der Waals surface area contributed by atoms with Gasteiger partial charge in [-0.25, -0.2) is 4.68 Å². The van der Waals surface area contributed by atoms with Gasteiger partial charge in [-0.15, -0.1) is 5.10 Å². The number of carboxylic acids is 2. The molecule has 4 rings (SSSR count). The molecule has 10 nitrogen and oxygen atoms in total. The fourth-order valence-electron chi connectivity index (χ4n) is 5.21. The third-order valence-corrected chi connectivity index (χ3v) is 6.61. The Morgan fingerprint density at radius 3 is 2.67 bits per heavy atom. The summed E-state index contributed by atoms with van der Waals surface area (Å²) in [6.07, 6.45) is 5.85. The molecule has 1 aromatic heterocycles. The number of carboxylic acid groups (broad SMARTS) is 2. The minimum absolute atomic E-state index is 0.0206. The summed E-state index contributed by atoms with van der Waals surface area (Å²) in [5, 5.41) is 33.3. The summed E-state index contributed by atoms with van der Waals surface area (Å²) in [5.41, 5.74) is 0. The van der Waals surface area contributed by atoms with E-state index in [-0.39, 0.29) is 6.04 Å². The molecule has 148 valence electrons. The summed E-state index contributed by atoms with van der Waals surface area (Å²) in [7, 11) is 0. The molecule has 6 unspecified atom stereocenters. The fourth-order valence-corrected chi connectivity index (χ4v) is 5.21. The summed E-state index contributed by atoms with van der Waals surface area (Å²) < 4.78 is 1.65. The molecule has 6 atom stereocenters. The Balaban J connectivity index is 1.39. The Morgan fingerprint density at radius 2 is 1.96 bits per heavy atom. The van der Waals surface area contributed by atoms with Crippen LogP contribution in [0.5, 0.6) is 0 Å². The van der Waals surface area contributed by atoms with Gasteiger partial charge in [-0.05, 0) is 66.8 Å². The van der Waals surface area contributed by atoms with Gasteiger partial charge in [-0.2, -0.15) is 0 Å². The van der Waals surface area contributed by atoms with Crippen molar-refractivity contribution in [1.29, 1.82) is 0 Å². The molecular weight excluding hydrogens is 352 g/mol. The third kappa shape index (κ3) is 3.81. The van der Waals surface area contributed by atoms with Gasteiger partial charge in [0.15, 0.2) is 0 Å². The van der Waals surface area contributed by atoms with Crippen LogP contribution < -0.4 is 5.32 Å². The second kappa shape index (κ2) is 7.51. The first-order valence-corrected chi connectivity index (χ1v) is 9.66. The van der Waals surface area contributed by atoms with Crippen molar-refractivity contribution in [3.63, 3.8) is 0 Å². The van der Waals surface area contributed by atoms with E-state index in [0.717, 1.165) is 32.4 Å². The Hall–Kier alpha value is -2.07. The highest BCUT2D eigenvalue weighted by Crippen LogP contribution is 2.40. The van der Waals surface area contributed by atoms with E-state index >= 15 is 0 Å². The summed E-state index contributed by atoms with van der Waals surface area (Å²) in [4.78, 5) is 25.1. The number of piperidine rings is 1. The molecule has 2 saturated heterocycles. The average molecular weight is 378 g/mol. The molecule has 1 aromatic rings. The smallest absolute Gasteiger partial charge is 0.321 e. The van der Waals surface area contributed by atoms with Crippen molar-refractivity contribution in [3.05, 3.63) is 6.33 Å². The number of hydrogen-bond donors (Lipinski definition) is 3. The molecule has 0 amide bonds. The second-order valence-electron chi connectivity index (χ2n) is 8.22. The highest BCUT2D eigenvalue weighted by atomic mass is 16.4. The number of aromatic nitrogens is 4. The van der Waals surface area contributed by atoms with Gasteiger partial charge in [-0.1, -0.05) is 0 Å². The van der Waals surface area contributed by atoms with Gasteiger partial charge in [0.1, 0.15) is 18.4 Å². The van der Waals surface area contributed by atoms with E-state index in [1.807, 2.05) is 0 Å². The maximum atomic E-state index is 11.7. The van der Waals surface area contributed by atoms with Crippen LogP contribution in [0.3, 0.4) is 0 Å². The number of hydrogen-bond acceptors (Lipinski definition) is 7. The number of nitrogens with one attached hydrogen (secondary N) is 1. The first-order valence-electron chi connectivity index (χ1n) is 9.66. The van der Waals surface area contributed by atoms with Gasteiger partial charge >= 0.3 is 11.9 Å². The highest BCUT2D eigenvalue weighted by Gasteiger charge is 2.42. The van der Waals surface area contributed by atoms with Crippen molar-refractivity contribution in [2.45, 2.75) is 50.2 Å². The normalized spacial score (nSPS) is 37.0. The number of tetrazole rings is 1. The van der Waals surface area contributed by atoms with Crippen LogP contribution in [0.15, 0.2) is 6.33 Å². The van der Waals surface area contributed by atoms with Crippen molar-refractivity contribution in [3.8, 4) is 0 Å². The van der Waals surface area contributed by atoms with Gasteiger partial charge in [0.2, 0.25) is 0 Å². The summed E-state index contributed by atoms with van der Waals surface area (Å²) in [6, 6.07) is -0.989. The third-order valence-electron chi connectivity index (χ3n) is 6.61. The van der Waals surface area contributed by atoms with E-state index in [1.54, 1.807) is 11.0 Å². The van der Waals surface area contributed by atoms with E-state index in [0.29, 0.717) is 37.1 Å². The van der Waals surface area contributed by atoms with Crippen molar-refractivity contribution in [1.82, 2.24) is 30.4 Å². The maximum Gasteiger partial charge on any atom is 0.321 e. The Morgan fingerprint density at radius 1 is 1.11 bits per heavy atom. The van der Waals surface area contributed by atoms with Crippen LogP contribution in [-0.2, 0) is 9.59 Å². The van der Waals surface area contributed by atoms with Crippen molar-refractivity contribution in [2.24, 2.45) is 17.8 Å². The maximum absolute atomic E-state index is 11.7. The van der Waals surface area contributed by atoms with Crippen LogP contribution in [0.4, 0.5) is 0 Å². The van der Waals surface area contributed by atoms with Crippen molar-refractivity contribution >= 4 is 11.9 Å². The van der Waals surface area contributed by atoms with E-state index < -0.39 is 24.0 Å². The first kappa shape index (κ1) is 18.3. The van der Waals surface area contributed by atoms with Crippen LogP contribution in [0, 0.1) is 17.8 Å². The second-order valence-corrected chi connectivity index (χ2v) is 8.22. The lowest BCUT2D eigenvalue weighted by molar-refractivity contribution is -0.143. The van der Waals surface area contributed by atoms with Gasteiger partial charge in [0.25, 0.3) is 0 Å². The van der Waals surface area contributed by atoms with Crippen molar-refractivity contribution in [2.75, 3.05) is 19.6 Å². The van der Waals surface area contributed by atoms with Gasteiger partial charge in [0, 0.05) is 13.1 Å². The predicted octanol–water partition coefficient (Wildman–Crippen LogP) is -0.148. The molecule has 27 heavy (non-hydrogen) atoms. The Bertz CT molecular complexity index is 683. The van der Waals surface area contributed by atoms with E-state index in [2.05, 4.69) is 25.7 Å². The first-order chi connectivity index (χ1) is 13.0. The molecule has 0 bridgehead atoms. The summed E-state index contributed by atoms with van der Waals surface area (Å²) >= 11 is 0. The zero-order chi connectivity index (χ0) is 19.0. The lowest BCUT2D eigenvalue weighted by Crippen LogP contribution is -2.50. The molecule has 0 spiro atoms. The van der Waals surface area contributed by atoms with Crippen molar-refractivity contribution < 1.29 is 19.8 Å². The number of aliphatic carboxylic acids is 2. The Labute approximate surface area is 156 Å². The summed E-state index contributed by atoms with van der Waals surface area (Å²) in [5.74, 6) is -0.211. The number of likely N-dealkylation sites (tertiary alicyclic amines) is 1. The number of carbonyl (C=O) groups is 2. The molecule has 0 aromatic carbocycles. The highest BCUT2D eigenvalue weighted by molar-refractivity contribution is 5.74. The Kier molecular flexibility index (Phi) is 5.09. The standard InChI is InChI=1S/C17H26N6O4/c24-16(25)14-4-12-3-10(1-2-11(12)6-18-14)7-22-8-13(5-15(22)17(26)27)23-9-19-20-21-23/h9-15,18H,1-8H2,(H,24,25)(H,26,27). The fraction of sp³-hybridized carbons (Fsp3) is 0.824. The van der Waals surface area contributed by atoms with Crippen LogP contribution in [-0.4, -0.2) is 79.0 Å². The predicted molar refractivity (Wildman–Crippen MR) is 92.8 cm³/mol. The molecule has 2 aliphatic heterocycles. The van der Waals surface area contributed by atoms with Crippen LogP contribution in [0.1, 0.15) is 38.1 Å². The minimum atomic E-state index is -0.799. The largest absolute Gasteiger partial charge is 0.480 e. The van der Waals surface area contributed by atoms with E-state index in [1.165, 1.54) is 0 Å². The van der Waals surface area contributed by atoms with E-state index in [4.69, 9.17) is 0 Å². The minimum Gasteiger partial charge on any atom is -0.480 e. The molecule has 3 fully saturated rings.